The van der Waals surface area contributed by atoms with E-state index >= 15 is 0 Å². The molecule has 6 heteroatoms. The van der Waals surface area contributed by atoms with Crippen LogP contribution in [0.2, 0.25) is 0 Å². The zero-order valence-corrected chi connectivity index (χ0v) is 12.6. The van der Waals surface area contributed by atoms with Gasteiger partial charge in [0.25, 0.3) is 0 Å². The third-order valence-corrected chi connectivity index (χ3v) is 3.94. The molecule has 6 nitrogen and oxygen atoms in total. The van der Waals surface area contributed by atoms with Crippen molar-refractivity contribution in [1.29, 1.82) is 0 Å². The van der Waals surface area contributed by atoms with Gasteiger partial charge in [-0.25, -0.2) is 4.68 Å². The van der Waals surface area contributed by atoms with Gasteiger partial charge in [-0.05, 0) is 24.6 Å². The predicted molar refractivity (Wildman–Crippen MR) is 86.5 cm³/mol. The van der Waals surface area contributed by atoms with E-state index in [0.29, 0.717) is 19.5 Å². The number of hydrogen-bond acceptors (Lipinski definition) is 3. The Kier molecular flexibility index (Phi) is 4.23. The number of primary amides is 1. The summed E-state index contributed by atoms with van der Waals surface area (Å²) in [7, 11) is 0. The lowest BCUT2D eigenvalue weighted by Gasteiger charge is -2.12. The molecule has 2 amide bonds. The summed E-state index contributed by atoms with van der Waals surface area (Å²) in [5, 5.41) is 4.28. The Morgan fingerprint density at radius 1 is 1.26 bits per heavy atom. The van der Waals surface area contributed by atoms with Gasteiger partial charge in [0.1, 0.15) is 0 Å². The van der Waals surface area contributed by atoms with Crippen molar-refractivity contribution in [3.8, 4) is 5.69 Å². The van der Waals surface area contributed by atoms with E-state index in [2.05, 4.69) is 5.10 Å². The third kappa shape index (κ3) is 3.48. The third-order valence-electron chi connectivity index (χ3n) is 3.94. The van der Waals surface area contributed by atoms with Gasteiger partial charge in [-0.2, -0.15) is 5.10 Å². The van der Waals surface area contributed by atoms with E-state index < -0.39 is 0 Å². The molecule has 1 fully saturated rings. The van der Waals surface area contributed by atoms with Crippen molar-refractivity contribution in [3.63, 3.8) is 0 Å². The molecule has 23 heavy (non-hydrogen) atoms. The summed E-state index contributed by atoms with van der Waals surface area (Å²) < 4.78 is 1.75. The molecule has 1 atom stereocenters. The van der Waals surface area contributed by atoms with E-state index in [0.717, 1.165) is 11.3 Å². The fourth-order valence-electron chi connectivity index (χ4n) is 2.61. The number of carbonyl (C=O) groups excluding carboxylic acids is 2. The fourth-order valence-corrected chi connectivity index (χ4v) is 2.61. The average molecular weight is 310 g/mol. The summed E-state index contributed by atoms with van der Waals surface area (Å²) >= 11 is 0. The Balaban J connectivity index is 1.63. The lowest BCUT2D eigenvalue weighted by atomic mass is 10.1. The second kappa shape index (κ2) is 6.48. The first-order valence-electron chi connectivity index (χ1n) is 7.50. The molecule has 0 bridgehead atoms. The second-order valence-corrected chi connectivity index (χ2v) is 5.56. The molecule has 1 aliphatic heterocycles. The molecule has 1 aliphatic rings. The standard InChI is InChI=1S/C17H18N4O2/c18-17(23)14-8-9-20(12-14)16(22)7-6-13-10-19-21(11-13)15-4-2-1-3-5-15/h1-7,10-11,14H,8-9,12H2,(H2,18,23)/b7-6+/t14-/m1/s1. The van der Waals surface area contributed by atoms with E-state index in [9.17, 15) is 9.59 Å². The molecule has 3 rings (SSSR count). The van der Waals surface area contributed by atoms with E-state index in [4.69, 9.17) is 5.73 Å². The van der Waals surface area contributed by atoms with Crippen LogP contribution in [0.4, 0.5) is 0 Å². The minimum absolute atomic E-state index is 0.110. The largest absolute Gasteiger partial charge is 0.369 e. The van der Waals surface area contributed by atoms with Gasteiger partial charge in [0.15, 0.2) is 0 Å². The van der Waals surface area contributed by atoms with E-state index in [-0.39, 0.29) is 17.7 Å². The number of hydrogen-bond donors (Lipinski definition) is 1. The molecular weight excluding hydrogens is 292 g/mol. The van der Waals surface area contributed by atoms with Crippen molar-refractivity contribution in [2.24, 2.45) is 11.7 Å². The van der Waals surface area contributed by atoms with Crippen LogP contribution in [-0.2, 0) is 9.59 Å². The first-order chi connectivity index (χ1) is 11.1. The van der Waals surface area contributed by atoms with E-state index in [1.807, 2.05) is 36.5 Å². The summed E-state index contributed by atoms with van der Waals surface area (Å²) in [4.78, 5) is 24.9. The summed E-state index contributed by atoms with van der Waals surface area (Å²) in [5.74, 6) is -0.678. The van der Waals surface area contributed by atoms with Crippen molar-refractivity contribution >= 4 is 17.9 Å². The molecule has 0 saturated carbocycles. The number of amides is 2. The van der Waals surface area contributed by atoms with E-state index in [1.165, 1.54) is 6.08 Å². The Hall–Kier alpha value is -2.89. The van der Waals surface area contributed by atoms with Gasteiger partial charge in [0.2, 0.25) is 11.8 Å². The van der Waals surface area contributed by atoms with Crippen LogP contribution < -0.4 is 5.73 Å². The highest BCUT2D eigenvalue weighted by atomic mass is 16.2. The highest BCUT2D eigenvalue weighted by Crippen LogP contribution is 2.16. The van der Waals surface area contributed by atoms with Gasteiger partial charge in [0.05, 0.1) is 17.8 Å². The lowest BCUT2D eigenvalue weighted by molar-refractivity contribution is -0.125. The molecule has 0 radical (unpaired) electrons. The van der Waals surface area contributed by atoms with Gasteiger partial charge in [-0.3, -0.25) is 9.59 Å². The monoisotopic (exact) mass is 310 g/mol. The molecular formula is C17H18N4O2. The number of likely N-dealkylation sites (tertiary alicyclic amines) is 1. The van der Waals surface area contributed by atoms with Gasteiger partial charge < -0.3 is 10.6 Å². The van der Waals surface area contributed by atoms with Crippen LogP contribution in [0.3, 0.4) is 0 Å². The van der Waals surface area contributed by atoms with Crippen LogP contribution >= 0.6 is 0 Å². The molecule has 1 aromatic heterocycles. The van der Waals surface area contributed by atoms with Crippen LogP contribution in [0.15, 0.2) is 48.8 Å². The lowest BCUT2D eigenvalue weighted by Crippen LogP contribution is -2.30. The SMILES string of the molecule is NC(=O)[C@@H]1CCN(C(=O)/C=C/c2cnn(-c3ccccc3)c2)C1. The number of benzene rings is 1. The van der Waals surface area contributed by atoms with Gasteiger partial charge in [0, 0.05) is 30.9 Å². The van der Waals surface area contributed by atoms with Crippen molar-refractivity contribution in [2.45, 2.75) is 6.42 Å². The van der Waals surface area contributed by atoms with Crippen molar-refractivity contribution in [3.05, 3.63) is 54.4 Å². The summed E-state index contributed by atoms with van der Waals surface area (Å²) in [6.07, 6.45) is 7.44. The molecule has 118 valence electrons. The summed E-state index contributed by atoms with van der Waals surface area (Å²) in [5.41, 5.74) is 7.08. The Labute approximate surface area is 134 Å². The Morgan fingerprint density at radius 3 is 2.74 bits per heavy atom. The molecule has 0 spiro atoms. The second-order valence-electron chi connectivity index (χ2n) is 5.56. The zero-order valence-electron chi connectivity index (χ0n) is 12.6. The Morgan fingerprint density at radius 2 is 2.04 bits per heavy atom. The van der Waals surface area contributed by atoms with Gasteiger partial charge >= 0.3 is 0 Å². The van der Waals surface area contributed by atoms with Crippen molar-refractivity contribution in [1.82, 2.24) is 14.7 Å². The number of nitrogens with zero attached hydrogens (tertiary/aromatic N) is 3. The molecule has 2 aromatic rings. The number of para-hydroxylation sites is 1. The highest BCUT2D eigenvalue weighted by molar-refractivity contribution is 5.92. The predicted octanol–water partition coefficient (Wildman–Crippen LogP) is 1.22. The topological polar surface area (TPSA) is 81.2 Å². The number of rotatable bonds is 4. The molecule has 0 unspecified atom stereocenters. The number of nitrogens with two attached hydrogens (primary N) is 1. The maximum absolute atomic E-state index is 12.1. The summed E-state index contributed by atoms with van der Waals surface area (Å²) in [6.45, 7) is 0.974. The molecule has 1 aromatic carbocycles. The van der Waals surface area contributed by atoms with Crippen molar-refractivity contribution < 1.29 is 9.59 Å². The minimum Gasteiger partial charge on any atom is -0.369 e. The average Bonchev–Trinajstić information content (AvgIpc) is 3.23. The van der Waals surface area contributed by atoms with Gasteiger partial charge in [-0.15, -0.1) is 0 Å². The van der Waals surface area contributed by atoms with Crippen LogP contribution in [-0.4, -0.2) is 39.6 Å². The summed E-state index contributed by atoms with van der Waals surface area (Å²) in [6, 6.07) is 9.75. The maximum atomic E-state index is 12.1. The molecule has 2 N–H and O–H groups in total. The van der Waals surface area contributed by atoms with Crippen LogP contribution in [0, 0.1) is 5.92 Å². The molecule has 2 heterocycles. The van der Waals surface area contributed by atoms with Gasteiger partial charge in [-0.1, -0.05) is 18.2 Å². The fraction of sp³-hybridized carbons (Fsp3) is 0.235. The number of carbonyl (C=O) groups is 2. The maximum Gasteiger partial charge on any atom is 0.246 e. The van der Waals surface area contributed by atoms with Crippen LogP contribution in [0.5, 0.6) is 0 Å². The molecule has 1 saturated heterocycles. The zero-order chi connectivity index (χ0) is 16.2. The van der Waals surface area contributed by atoms with E-state index in [1.54, 1.807) is 21.9 Å². The number of aromatic nitrogens is 2. The first-order valence-corrected chi connectivity index (χ1v) is 7.50. The minimum atomic E-state index is -0.339. The van der Waals surface area contributed by atoms with Crippen molar-refractivity contribution in [2.75, 3.05) is 13.1 Å². The quantitative estimate of drug-likeness (QED) is 0.862. The molecule has 0 aliphatic carbocycles. The smallest absolute Gasteiger partial charge is 0.246 e. The van der Waals surface area contributed by atoms with Crippen LogP contribution in [0.25, 0.3) is 11.8 Å². The van der Waals surface area contributed by atoms with Crippen LogP contribution in [0.1, 0.15) is 12.0 Å². The highest BCUT2D eigenvalue weighted by Gasteiger charge is 2.28. The first kappa shape index (κ1) is 15.0. The normalized spacial score (nSPS) is 17.7. The Bertz CT molecular complexity index is 736.